The fraction of sp³-hybridized carbons (Fsp3) is 0.541. The quantitative estimate of drug-likeness (QED) is 0.102. The number of unbranched alkanes of at least 4 members (excludes halogenated alkanes) is 2. The molecular weight excluding hydrogens is 721 g/mol. The second-order valence-corrected chi connectivity index (χ2v) is 16.1. The van der Waals surface area contributed by atoms with Crippen LogP contribution in [0.1, 0.15) is 74.7 Å². The first kappa shape index (κ1) is 41.4. The van der Waals surface area contributed by atoms with Crippen molar-refractivity contribution in [3.05, 3.63) is 63.7 Å². The van der Waals surface area contributed by atoms with Crippen LogP contribution in [-0.4, -0.2) is 102 Å². The Kier molecular flexibility index (Phi) is 15.4. The molecule has 0 bridgehead atoms. The maximum atomic E-state index is 13.9. The summed E-state index contributed by atoms with van der Waals surface area (Å²) in [4.78, 5) is 82.3. The van der Waals surface area contributed by atoms with Crippen LogP contribution in [0.2, 0.25) is 0 Å². The monoisotopic (exact) mass is 770 g/mol. The number of rotatable bonds is 15. The number of carbonyl (C=O) groups excluding carboxylic acids is 5. The van der Waals surface area contributed by atoms with Crippen LogP contribution in [-0.2, 0) is 25.6 Å². The minimum atomic E-state index is -0.996. The number of nitro benzene ring substituents is 1. The van der Waals surface area contributed by atoms with Gasteiger partial charge in [0.2, 0.25) is 23.6 Å². The lowest BCUT2D eigenvalue weighted by Gasteiger charge is -2.34. The van der Waals surface area contributed by atoms with Gasteiger partial charge in [-0.3, -0.25) is 34.1 Å². The molecule has 0 spiro atoms. The number of methoxy groups -OCH3 is 1. The van der Waals surface area contributed by atoms with Crippen molar-refractivity contribution in [1.82, 2.24) is 25.8 Å². The predicted molar refractivity (Wildman–Crippen MR) is 205 cm³/mol. The fourth-order valence-corrected chi connectivity index (χ4v) is 8.52. The Hall–Kier alpha value is -4.31. The van der Waals surface area contributed by atoms with Gasteiger partial charge in [0.15, 0.2) is 0 Å². The topological polar surface area (TPSA) is 180 Å². The molecule has 0 aliphatic carbocycles. The molecule has 2 saturated heterocycles. The van der Waals surface area contributed by atoms with Gasteiger partial charge in [0, 0.05) is 43.8 Å². The molecule has 288 valence electrons. The molecule has 2 aliphatic heterocycles. The van der Waals surface area contributed by atoms with Crippen LogP contribution >= 0.6 is 21.6 Å². The summed E-state index contributed by atoms with van der Waals surface area (Å²) in [7, 11) is 7.63. The van der Waals surface area contributed by atoms with Crippen molar-refractivity contribution in [2.75, 3.05) is 33.5 Å². The standard InChI is InChI=1S/C37H50N6O8S2/c1-6-23(2)32-37(48)42-19-10-12-31(42)35(46)38-28(33(44)39-29(34(45)40-32)21-24-13-15-25(51-5)16-14-24)11-8-7-9-20-52-53-26-17-18-30(43(49)50)27(22-26)36(47)41(3)4/h13-18,22-23,28-29,31-32H,6-12,19-21H2,1-5H3,(H,38,46)(H,39,44)(H,40,45)/t23?,28-,29+,31+,32-/m0/s1. The molecule has 14 nitrogen and oxygen atoms in total. The van der Waals surface area contributed by atoms with Gasteiger partial charge in [-0.25, -0.2) is 0 Å². The zero-order chi connectivity index (χ0) is 38.7. The van der Waals surface area contributed by atoms with E-state index in [2.05, 4.69) is 16.0 Å². The van der Waals surface area contributed by atoms with Crippen molar-refractivity contribution in [1.29, 1.82) is 0 Å². The highest BCUT2D eigenvalue weighted by Gasteiger charge is 2.41. The van der Waals surface area contributed by atoms with Crippen molar-refractivity contribution >= 4 is 56.8 Å². The highest BCUT2D eigenvalue weighted by Crippen LogP contribution is 2.35. The highest BCUT2D eigenvalue weighted by molar-refractivity contribution is 8.76. The van der Waals surface area contributed by atoms with Crippen LogP contribution in [0.5, 0.6) is 5.75 Å². The molecule has 5 atom stereocenters. The van der Waals surface area contributed by atoms with E-state index in [9.17, 15) is 34.1 Å². The number of hydrogen-bond acceptors (Lipinski definition) is 10. The third-order valence-electron chi connectivity index (χ3n) is 9.66. The molecule has 4 rings (SSSR count). The maximum Gasteiger partial charge on any atom is 0.282 e. The van der Waals surface area contributed by atoms with Gasteiger partial charge in [0.05, 0.1) is 12.0 Å². The molecule has 2 aliphatic rings. The number of hydrogen-bond donors (Lipinski definition) is 3. The van der Waals surface area contributed by atoms with E-state index in [0.717, 1.165) is 29.1 Å². The Morgan fingerprint density at radius 1 is 1.00 bits per heavy atom. The van der Waals surface area contributed by atoms with Crippen molar-refractivity contribution < 1.29 is 33.6 Å². The molecule has 1 unspecified atom stereocenters. The SMILES string of the molecule is CCC(C)[C@@H]1NC(=O)[C@@H](Cc2ccc(OC)cc2)NC(=O)[C@H](CCCCCSSc2ccc([N+](=O)[O-])c(C(=O)N(C)C)c2)NC(=O)[C@H]2CCCN2C1=O. The highest BCUT2D eigenvalue weighted by atomic mass is 33.1. The first-order valence-corrected chi connectivity index (χ1v) is 20.3. The number of amides is 5. The molecule has 0 aromatic heterocycles. The first-order chi connectivity index (χ1) is 25.3. The van der Waals surface area contributed by atoms with Gasteiger partial charge in [-0.05, 0) is 61.4 Å². The van der Waals surface area contributed by atoms with Gasteiger partial charge >= 0.3 is 0 Å². The minimum absolute atomic E-state index is 0.0344. The summed E-state index contributed by atoms with van der Waals surface area (Å²) >= 11 is 0. The third-order valence-corrected chi connectivity index (χ3v) is 12.1. The van der Waals surface area contributed by atoms with E-state index in [1.165, 1.54) is 27.8 Å². The second-order valence-electron chi connectivity index (χ2n) is 13.6. The van der Waals surface area contributed by atoms with Crippen LogP contribution in [0, 0.1) is 16.0 Å². The van der Waals surface area contributed by atoms with Crippen LogP contribution in [0.4, 0.5) is 5.69 Å². The van der Waals surface area contributed by atoms with Crippen molar-refractivity contribution in [3.63, 3.8) is 0 Å². The van der Waals surface area contributed by atoms with E-state index in [4.69, 9.17) is 4.74 Å². The molecule has 5 amide bonds. The number of benzene rings is 2. The zero-order valence-corrected chi connectivity index (χ0v) is 32.6. The summed E-state index contributed by atoms with van der Waals surface area (Å²) < 4.78 is 5.26. The van der Waals surface area contributed by atoms with Crippen LogP contribution in [0.3, 0.4) is 0 Å². The first-order valence-electron chi connectivity index (χ1n) is 18.0. The number of nitrogens with one attached hydrogen (secondary N) is 3. The summed E-state index contributed by atoms with van der Waals surface area (Å²) in [6.07, 6.45) is 4.41. The predicted octanol–water partition coefficient (Wildman–Crippen LogP) is 4.35. The van der Waals surface area contributed by atoms with E-state index in [1.807, 2.05) is 26.0 Å². The molecule has 2 aromatic carbocycles. The zero-order valence-electron chi connectivity index (χ0n) is 30.9. The van der Waals surface area contributed by atoms with Gasteiger partial charge < -0.3 is 30.5 Å². The Labute approximate surface area is 318 Å². The van der Waals surface area contributed by atoms with Gasteiger partial charge in [0.1, 0.15) is 35.5 Å². The van der Waals surface area contributed by atoms with E-state index < -0.39 is 46.8 Å². The lowest BCUT2D eigenvalue weighted by Crippen LogP contribution is -2.62. The average molecular weight is 771 g/mol. The molecule has 2 heterocycles. The van der Waals surface area contributed by atoms with Gasteiger partial charge in [0.25, 0.3) is 11.6 Å². The normalized spacial score (nSPS) is 21.3. The number of ether oxygens (including phenoxy) is 1. The van der Waals surface area contributed by atoms with E-state index in [1.54, 1.807) is 55.1 Å². The molecule has 53 heavy (non-hydrogen) atoms. The Bertz CT molecular complexity index is 1640. The number of fused-ring (bicyclic) bond motifs is 1. The smallest absolute Gasteiger partial charge is 0.282 e. The van der Waals surface area contributed by atoms with Crippen LogP contribution in [0.25, 0.3) is 0 Å². The number of carbonyl (C=O) groups is 5. The van der Waals surface area contributed by atoms with Gasteiger partial charge in [-0.2, -0.15) is 0 Å². The Balaban J connectivity index is 1.43. The summed E-state index contributed by atoms with van der Waals surface area (Å²) in [5, 5.41) is 20.2. The molecule has 16 heteroatoms. The Morgan fingerprint density at radius 3 is 2.36 bits per heavy atom. The lowest BCUT2D eigenvalue weighted by atomic mass is 9.95. The van der Waals surface area contributed by atoms with Crippen molar-refractivity contribution in [2.45, 2.75) is 94.3 Å². The number of nitrogens with zero attached hydrogens (tertiary/aromatic N) is 3. The summed E-state index contributed by atoms with van der Waals surface area (Å²) in [5.74, 6) is -0.838. The maximum absolute atomic E-state index is 13.9. The van der Waals surface area contributed by atoms with Crippen LogP contribution in [0.15, 0.2) is 47.4 Å². The Morgan fingerprint density at radius 2 is 1.70 bits per heavy atom. The van der Waals surface area contributed by atoms with Crippen molar-refractivity contribution in [3.8, 4) is 5.75 Å². The molecule has 0 radical (unpaired) electrons. The molecule has 2 fully saturated rings. The molecule has 3 N–H and O–H groups in total. The number of nitro groups is 1. The molecule has 2 aromatic rings. The largest absolute Gasteiger partial charge is 0.497 e. The summed E-state index contributed by atoms with van der Waals surface area (Å²) in [6, 6.07) is 8.22. The van der Waals surface area contributed by atoms with Gasteiger partial charge in [-0.15, -0.1) is 0 Å². The average Bonchev–Trinajstić information content (AvgIpc) is 3.65. The van der Waals surface area contributed by atoms with E-state index in [0.29, 0.717) is 44.4 Å². The summed E-state index contributed by atoms with van der Waals surface area (Å²) in [5.41, 5.74) is 0.581. The van der Waals surface area contributed by atoms with Gasteiger partial charge in [-0.1, -0.05) is 66.8 Å². The lowest BCUT2D eigenvalue weighted by molar-refractivity contribution is -0.385. The third kappa shape index (κ3) is 11.1. The van der Waals surface area contributed by atoms with Crippen LogP contribution < -0.4 is 20.7 Å². The summed E-state index contributed by atoms with van der Waals surface area (Å²) in [6.45, 7) is 4.23. The molecule has 0 saturated carbocycles. The minimum Gasteiger partial charge on any atom is -0.497 e. The second kappa shape index (κ2) is 19.7. The van der Waals surface area contributed by atoms with E-state index in [-0.39, 0.29) is 35.4 Å². The van der Waals surface area contributed by atoms with Crippen molar-refractivity contribution in [2.24, 2.45) is 5.92 Å². The fourth-order valence-electron chi connectivity index (χ4n) is 6.37. The van der Waals surface area contributed by atoms with E-state index >= 15 is 0 Å². The molecular formula is C37H50N6O8S2.